The van der Waals surface area contributed by atoms with Gasteiger partial charge in [-0.2, -0.15) is 5.26 Å². The topological polar surface area (TPSA) is 67.0 Å². The van der Waals surface area contributed by atoms with Crippen molar-refractivity contribution in [1.82, 2.24) is 19.7 Å². The molecule has 1 aliphatic carbocycles. The highest BCUT2D eigenvalue weighted by Crippen LogP contribution is 2.43. The number of hydrogen-bond acceptors (Lipinski definition) is 5. The molecule has 0 N–H and O–H groups in total. The van der Waals surface area contributed by atoms with E-state index in [1.807, 2.05) is 48.7 Å². The highest BCUT2D eigenvalue weighted by molar-refractivity contribution is 6.35. The molecule has 3 aromatic rings. The van der Waals surface area contributed by atoms with Crippen molar-refractivity contribution < 1.29 is 4.74 Å². The SMILES string of the molecule is Cc1nnc(C)n1-c1ccc(O[C@H]2c3cc(Cl)cc(Cl)c3C[C@@H]2N2CCC(C#N)C2)cc1. The second kappa shape index (κ2) is 8.40. The average molecular weight is 468 g/mol. The molecule has 8 heteroatoms. The first-order valence-electron chi connectivity index (χ1n) is 10.7. The number of ether oxygens (including phenoxy) is 1. The number of benzene rings is 2. The maximum Gasteiger partial charge on any atom is 0.140 e. The number of aryl methyl sites for hydroxylation is 2. The van der Waals surface area contributed by atoms with Crippen LogP contribution in [0.5, 0.6) is 5.75 Å². The number of likely N-dealkylation sites (tertiary alicyclic amines) is 1. The van der Waals surface area contributed by atoms with Gasteiger partial charge >= 0.3 is 0 Å². The molecule has 164 valence electrons. The first-order chi connectivity index (χ1) is 15.4. The molecule has 1 aromatic heterocycles. The van der Waals surface area contributed by atoms with Crippen molar-refractivity contribution in [3.05, 3.63) is 69.2 Å². The van der Waals surface area contributed by atoms with Crippen molar-refractivity contribution in [2.45, 2.75) is 38.8 Å². The molecule has 1 unspecified atom stereocenters. The summed E-state index contributed by atoms with van der Waals surface area (Å²) in [5.41, 5.74) is 3.10. The maximum absolute atomic E-state index is 9.37. The predicted octanol–water partition coefficient (Wildman–Crippen LogP) is 5.08. The first kappa shape index (κ1) is 21.3. The van der Waals surface area contributed by atoms with Crippen LogP contribution in [-0.2, 0) is 6.42 Å². The van der Waals surface area contributed by atoms with Gasteiger partial charge in [-0.25, -0.2) is 0 Å². The molecule has 6 nitrogen and oxygen atoms in total. The zero-order chi connectivity index (χ0) is 22.4. The van der Waals surface area contributed by atoms with Crippen molar-refractivity contribution in [3.8, 4) is 17.5 Å². The number of fused-ring (bicyclic) bond motifs is 1. The van der Waals surface area contributed by atoms with E-state index in [0.29, 0.717) is 10.0 Å². The van der Waals surface area contributed by atoms with Crippen molar-refractivity contribution in [3.63, 3.8) is 0 Å². The Bertz CT molecular complexity index is 1180. The lowest BCUT2D eigenvalue weighted by atomic mass is 10.1. The largest absolute Gasteiger partial charge is 0.484 e. The minimum atomic E-state index is -0.206. The van der Waals surface area contributed by atoms with Gasteiger partial charge in [0.05, 0.1) is 18.0 Å². The van der Waals surface area contributed by atoms with Gasteiger partial charge in [0.2, 0.25) is 0 Å². The Balaban J connectivity index is 1.45. The molecule has 0 bridgehead atoms. The summed E-state index contributed by atoms with van der Waals surface area (Å²) in [5, 5.41) is 18.9. The fraction of sp³-hybridized carbons (Fsp3) is 0.375. The number of nitrogens with zero attached hydrogens (tertiary/aromatic N) is 5. The normalized spacial score (nSPS) is 22.7. The van der Waals surface area contributed by atoms with Crippen molar-refractivity contribution >= 4 is 23.2 Å². The zero-order valence-corrected chi connectivity index (χ0v) is 19.4. The molecule has 1 saturated heterocycles. The minimum absolute atomic E-state index is 0.0629. The second-order valence-corrected chi connectivity index (χ2v) is 9.34. The van der Waals surface area contributed by atoms with Crippen LogP contribution in [0, 0.1) is 31.1 Å². The quantitative estimate of drug-likeness (QED) is 0.534. The third kappa shape index (κ3) is 3.75. The molecule has 0 saturated carbocycles. The van der Waals surface area contributed by atoms with E-state index < -0.39 is 0 Å². The lowest BCUT2D eigenvalue weighted by molar-refractivity contribution is 0.0928. The Morgan fingerprint density at radius 2 is 1.81 bits per heavy atom. The van der Waals surface area contributed by atoms with Gasteiger partial charge in [-0.05, 0) is 75.2 Å². The smallest absolute Gasteiger partial charge is 0.140 e. The number of rotatable bonds is 4. The lowest BCUT2D eigenvalue weighted by Gasteiger charge is -2.30. The summed E-state index contributed by atoms with van der Waals surface area (Å²) in [4.78, 5) is 2.36. The Labute approximate surface area is 197 Å². The average Bonchev–Trinajstić information content (AvgIpc) is 3.47. The van der Waals surface area contributed by atoms with E-state index in [1.54, 1.807) is 6.07 Å². The molecule has 2 aliphatic rings. The highest BCUT2D eigenvalue weighted by Gasteiger charge is 2.42. The Kier molecular flexibility index (Phi) is 5.58. The van der Waals surface area contributed by atoms with Gasteiger partial charge in [0.15, 0.2) is 0 Å². The van der Waals surface area contributed by atoms with E-state index in [2.05, 4.69) is 21.2 Å². The van der Waals surface area contributed by atoms with Gasteiger partial charge in [0.25, 0.3) is 0 Å². The van der Waals surface area contributed by atoms with E-state index in [0.717, 1.165) is 60.1 Å². The van der Waals surface area contributed by atoms with Gasteiger partial charge < -0.3 is 4.74 Å². The number of aromatic nitrogens is 3. The molecular formula is C24H23Cl2N5O. The fourth-order valence-electron chi connectivity index (χ4n) is 4.93. The Morgan fingerprint density at radius 3 is 2.47 bits per heavy atom. The number of hydrogen-bond donors (Lipinski definition) is 0. The molecule has 32 heavy (non-hydrogen) atoms. The minimum Gasteiger partial charge on any atom is -0.484 e. The molecule has 3 atom stereocenters. The summed E-state index contributed by atoms with van der Waals surface area (Å²) in [6.45, 7) is 5.50. The van der Waals surface area contributed by atoms with Gasteiger partial charge in [0, 0.05) is 27.8 Å². The predicted molar refractivity (Wildman–Crippen MR) is 123 cm³/mol. The van der Waals surface area contributed by atoms with Crippen LogP contribution in [0.25, 0.3) is 5.69 Å². The Morgan fingerprint density at radius 1 is 1.09 bits per heavy atom. The summed E-state index contributed by atoms with van der Waals surface area (Å²) in [6.07, 6.45) is 1.46. The summed E-state index contributed by atoms with van der Waals surface area (Å²) >= 11 is 12.9. The molecule has 5 rings (SSSR count). The standard InChI is InChI=1S/C24H23Cl2N5O/c1-14-28-29-15(2)31(14)18-3-5-19(6-4-18)32-24-21-9-17(25)10-22(26)20(21)11-23(24)30-8-7-16(12-27)13-30/h3-6,9-10,16,23-24H,7-8,11,13H2,1-2H3/t16?,23-,24-/m0/s1. The van der Waals surface area contributed by atoms with Crippen molar-refractivity contribution in [2.75, 3.05) is 13.1 Å². The van der Waals surface area contributed by atoms with Crippen LogP contribution in [0.3, 0.4) is 0 Å². The van der Waals surface area contributed by atoms with Crippen LogP contribution < -0.4 is 4.74 Å². The molecule has 1 aliphatic heterocycles. The number of halogens is 2. The monoisotopic (exact) mass is 467 g/mol. The maximum atomic E-state index is 9.37. The van der Waals surface area contributed by atoms with E-state index in [9.17, 15) is 5.26 Å². The van der Waals surface area contributed by atoms with Gasteiger partial charge in [0.1, 0.15) is 23.5 Å². The van der Waals surface area contributed by atoms with Crippen LogP contribution in [0.4, 0.5) is 0 Å². The van der Waals surface area contributed by atoms with E-state index >= 15 is 0 Å². The van der Waals surface area contributed by atoms with Crippen LogP contribution in [0.1, 0.15) is 35.3 Å². The van der Waals surface area contributed by atoms with E-state index in [-0.39, 0.29) is 18.1 Å². The molecule has 2 aromatic carbocycles. The van der Waals surface area contributed by atoms with Gasteiger partial charge in [-0.1, -0.05) is 23.2 Å². The summed E-state index contributed by atoms with van der Waals surface area (Å²) in [7, 11) is 0. The van der Waals surface area contributed by atoms with Crippen LogP contribution in [0.2, 0.25) is 10.0 Å². The van der Waals surface area contributed by atoms with Crippen molar-refractivity contribution in [1.29, 1.82) is 5.26 Å². The molecule has 0 spiro atoms. The summed E-state index contributed by atoms with van der Waals surface area (Å²) in [5.74, 6) is 2.51. The third-order valence-corrected chi connectivity index (χ3v) is 7.04. The first-order valence-corrected chi connectivity index (χ1v) is 11.5. The van der Waals surface area contributed by atoms with E-state index in [4.69, 9.17) is 27.9 Å². The third-order valence-electron chi connectivity index (χ3n) is 6.48. The van der Waals surface area contributed by atoms with Crippen LogP contribution in [-0.4, -0.2) is 38.8 Å². The molecular weight excluding hydrogens is 445 g/mol. The highest BCUT2D eigenvalue weighted by atomic mass is 35.5. The molecule has 0 radical (unpaired) electrons. The molecule has 2 heterocycles. The summed E-state index contributed by atoms with van der Waals surface area (Å²) < 4.78 is 8.56. The fourth-order valence-corrected chi connectivity index (χ4v) is 5.52. The number of nitriles is 1. The molecule has 0 amide bonds. The lowest BCUT2D eigenvalue weighted by Crippen LogP contribution is -2.38. The van der Waals surface area contributed by atoms with Gasteiger partial charge in [-0.15, -0.1) is 10.2 Å². The van der Waals surface area contributed by atoms with Crippen LogP contribution >= 0.6 is 23.2 Å². The summed E-state index contributed by atoms with van der Waals surface area (Å²) in [6, 6.07) is 14.2. The van der Waals surface area contributed by atoms with Gasteiger partial charge in [-0.3, -0.25) is 9.47 Å². The molecule has 1 fully saturated rings. The van der Waals surface area contributed by atoms with Crippen molar-refractivity contribution in [2.24, 2.45) is 5.92 Å². The Hall–Kier alpha value is -2.59. The zero-order valence-electron chi connectivity index (χ0n) is 17.9. The van der Waals surface area contributed by atoms with Crippen LogP contribution in [0.15, 0.2) is 36.4 Å². The second-order valence-electron chi connectivity index (χ2n) is 8.50. The van der Waals surface area contributed by atoms with E-state index in [1.165, 1.54) is 0 Å².